The molecule has 0 spiro atoms. The molecular weight excluding hydrogens is 452 g/mol. The predicted octanol–water partition coefficient (Wildman–Crippen LogP) is 3.98. The van der Waals surface area contributed by atoms with E-state index in [1.54, 1.807) is 12.4 Å². The molecule has 1 aliphatic heterocycles. The van der Waals surface area contributed by atoms with Crippen LogP contribution >= 0.6 is 0 Å². The van der Waals surface area contributed by atoms with Crippen molar-refractivity contribution in [3.63, 3.8) is 0 Å². The average Bonchev–Trinajstić information content (AvgIpc) is 2.87. The van der Waals surface area contributed by atoms with Gasteiger partial charge in [0.2, 0.25) is 5.95 Å². The van der Waals surface area contributed by atoms with Crippen LogP contribution in [0.5, 0.6) is 0 Å². The van der Waals surface area contributed by atoms with Crippen LogP contribution in [-0.2, 0) is 19.5 Å². The van der Waals surface area contributed by atoms with Gasteiger partial charge in [0.1, 0.15) is 11.4 Å². The maximum absolute atomic E-state index is 12.7. The standard InChI is InChI=1S/C27H36N8O/c1-5-29-26(36)24-16-31-27(33-21-8-7-19-9-11-28-15-20(19)13-21)34-25(24)32-22-10-12-30-23(14-22)17-35(6-2)18(3)4/h7-8,10,12-14,16,18,28H,5-6,9,11,15,17H2,1-4H3,(H,29,36)(H2,30,31,32,33,34). The number of pyridine rings is 1. The van der Waals surface area contributed by atoms with Crippen molar-refractivity contribution in [2.24, 2.45) is 0 Å². The summed E-state index contributed by atoms with van der Waals surface area (Å²) in [6, 6.07) is 10.6. The minimum Gasteiger partial charge on any atom is -0.352 e. The van der Waals surface area contributed by atoms with Gasteiger partial charge in [0, 0.05) is 49.4 Å². The Bertz CT molecular complexity index is 1200. The van der Waals surface area contributed by atoms with E-state index in [2.05, 4.69) is 74.0 Å². The van der Waals surface area contributed by atoms with Gasteiger partial charge in [-0.25, -0.2) is 4.98 Å². The first-order valence-electron chi connectivity index (χ1n) is 12.7. The molecule has 36 heavy (non-hydrogen) atoms. The fourth-order valence-electron chi connectivity index (χ4n) is 4.29. The van der Waals surface area contributed by atoms with Gasteiger partial charge in [-0.3, -0.25) is 14.7 Å². The number of nitrogens with one attached hydrogen (secondary N) is 4. The van der Waals surface area contributed by atoms with Gasteiger partial charge in [-0.1, -0.05) is 13.0 Å². The number of amides is 1. The lowest BCUT2D eigenvalue weighted by atomic mass is 10.0. The number of nitrogens with zero attached hydrogens (tertiary/aromatic N) is 4. The minimum atomic E-state index is -0.224. The number of rotatable bonds is 10. The number of carbonyl (C=O) groups is 1. The monoisotopic (exact) mass is 488 g/mol. The number of benzene rings is 1. The first-order chi connectivity index (χ1) is 17.5. The third-order valence-corrected chi connectivity index (χ3v) is 6.30. The Kier molecular flexibility index (Phi) is 8.45. The van der Waals surface area contributed by atoms with E-state index in [4.69, 9.17) is 0 Å². The third-order valence-electron chi connectivity index (χ3n) is 6.30. The molecule has 9 nitrogen and oxygen atoms in total. The van der Waals surface area contributed by atoms with E-state index in [-0.39, 0.29) is 5.91 Å². The second-order valence-electron chi connectivity index (χ2n) is 9.17. The van der Waals surface area contributed by atoms with Crippen LogP contribution in [0.2, 0.25) is 0 Å². The highest BCUT2D eigenvalue weighted by Crippen LogP contribution is 2.24. The van der Waals surface area contributed by atoms with E-state index in [1.807, 2.05) is 25.1 Å². The molecule has 0 unspecified atom stereocenters. The zero-order valence-electron chi connectivity index (χ0n) is 21.6. The molecular formula is C27H36N8O. The lowest BCUT2D eigenvalue weighted by molar-refractivity contribution is 0.0956. The Morgan fingerprint density at radius 2 is 1.92 bits per heavy atom. The van der Waals surface area contributed by atoms with Gasteiger partial charge >= 0.3 is 0 Å². The highest BCUT2D eigenvalue weighted by Gasteiger charge is 2.16. The van der Waals surface area contributed by atoms with Crippen LogP contribution in [0.3, 0.4) is 0 Å². The van der Waals surface area contributed by atoms with Gasteiger partial charge in [-0.05, 0) is 75.7 Å². The van der Waals surface area contributed by atoms with Gasteiger partial charge < -0.3 is 21.3 Å². The highest BCUT2D eigenvalue weighted by molar-refractivity contribution is 5.99. The van der Waals surface area contributed by atoms with E-state index in [0.717, 1.165) is 49.7 Å². The van der Waals surface area contributed by atoms with Crippen LogP contribution in [0, 0.1) is 0 Å². The van der Waals surface area contributed by atoms with Gasteiger partial charge in [-0.2, -0.15) is 4.98 Å². The number of fused-ring (bicyclic) bond motifs is 1. The van der Waals surface area contributed by atoms with Crippen molar-refractivity contribution in [3.8, 4) is 0 Å². The normalized spacial score (nSPS) is 12.9. The van der Waals surface area contributed by atoms with Gasteiger partial charge in [0.05, 0.1) is 5.69 Å². The van der Waals surface area contributed by atoms with Crippen LogP contribution in [0.4, 0.5) is 23.1 Å². The number of hydrogen-bond donors (Lipinski definition) is 4. The smallest absolute Gasteiger partial charge is 0.256 e. The van der Waals surface area contributed by atoms with Crippen molar-refractivity contribution < 1.29 is 4.79 Å². The summed E-state index contributed by atoms with van der Waals surface area (Å²) in [5.74, 6) is 0.629. The molecule has 0 radical (unpaired) electrons. The summed E-state index contributed by atoms with van der Waals surface area (Å²) in [7, 11) is 0. The van der Waals surface area contributed by atoms with Crippen molar-refractivity contribution in [2.75, 3.05) is 30.3 Å². The fraction of sp³-hybridized carbons (Fsp3) is 0.407. The summed E-state index contributed by atoms with van der Waals surface area (Å²) in [5.41, 5.74) is 5.69. The maximum atomic E-state index is 12.7. The second kappa shape index (κ2) is 11.9. The molecule has 0 fully saturated rings. The first kappa shape index (κ1) is 25.5. The van der Waals surface area contributed by atoms with Crippen molar-refractivity contribution in [3.05, 3.63) is 65.1 Å². The zero-order valence-corrected chi connectivity index (χ0v) is 21.6. The van der Waals surface area contributed by atoms with Crippen molar-refractivity contribution in [1.29, 1.82) is 0 Å². The molecule has 0 saturated carbocycles. The molecule has 1 aliphatic rings. The van der Waals surface area contributed by atoms with Crippen molar-refractivity contribution in [2.45, 2.75) is 53.2 Å². The zero-order chi connectivity index (χ0) is 25.5. The van der Waals surface area contributed by atoms with E-state index < -0.39 is 0 Å². The van der Waals surface area contributed by atoms with Gasteiger partial charge in [0.25, 0.3) is 5.91 Å². The molecule has 190 valence electrons. The van der Waals surface area contributed by atoms with Crippen molar-refractivity contribution in [1.82, 2.24) is 30.5 Å². The van der Waals surface area contributed by atoms with Gasteiger partial charge in [-0.15, -0.1) is 0 Å². The summed E-state index contributed by atoms with van der Waals surface area (Å²) in [6.45, 7) is 12.5. The number of aromatic nitrogens is 3. The molecule has 0 atom stereocenters. The molecule has 4 N–H and O–H groups in total. The molecule has 0 bridgehead atoms. The third kappa shape index (κ3) is 6.35. The average molecular weight is 489 g/mol. The second-order valence-corrected chi connectivity index (χ2v) is 9.17. The SMILES string of the molecule is CCNC(=O)c1cnc(Nc2ccc3c(c2)CNCC3)nc1Nc1ccnc(CN(CC)C(C)C)c1. The first-order valence-corrected chi connectivity index (χ1v) is 12.7. The Morgan fingerprint density at radius 3 is 2.69 bits per heavy atom. The number of hydrogen-bond acceptors (Lipinski definition) is 8. The quantitative estimate of drug-likeness (QED) is 0.339. The molecule has 4 rings (SSSR count). The lowest BCUT2D eigenvalue weighted by Gasteiger charge is -2.24. The van der Waals surface area contributed by atoms with E-state index in [9.17, 15) is 4.79 Å². The van der Waals surface area contributed by atoms with Crippen LogP contribution in [-0.4, -0.2) is 51.4 Å². The largest absolute Gasteiger partial charge is 0.352 e. The molecule has 9 heteroatoms. The van der Waals surface area contributed by atoms with E-state index in [0.29, 0.717) is 29.9 Å². The summed E-state index contributed by atoms with van der Waals surface area (Å²) >= 11 is 0. The topological polar surface area (TPSA) is 107 Å². The summed E-state index contributed by atoms with van der Waals surface area (Å²) in [5, 5.41) is 12.9. The fourth-order valence-corrected chi connectivity index (χ4v) is 4.29. The molecule has 3 aromatic rings. The van der Waals surface area contributed by atoms with Gasteiger partial charge in [0.15, 0.2) is 0 Å². The Labute approximate surface area is 213 Å². The summed E-state index contributed by atoms with van der Waals surface area (Å²) in [6.07, 6.45) is 4.37. The minimum absolute atomic E-state index is 0.224. The summed E-state index contributed by atoms with van der Waals surface area (Å²) in [4.78, 5) is 28.7. The summed E-state index contributed by atoms with van der Waals surface area (Å²) < 4.78 is 0. The molecule has 1 amide bonds. The van der Waals surface area contributed by atoms with Crippen LogP contribution in [0.1, 0.15) is 54.9 Å². The lowest BCUT2D eigenvalue weighted by Crippen LogP contribution is -2.30. The number of carbonyl (C=O) groups excluding carboxylic acids is 1. The number of anilines is 4. The predicted molar refractivity (Wildman–Crippen MR) is 144 cm³/mol. The van der Waals surface area contributed by atoms with E-state index in [1.165, 1.54) is 11.1 Å². The molecule has 3 heterocycles. The highest BCUT2D eigenvalue weighted by atomic mass is 16.1. The van der Waals surface area contributed by atoms with Crippen LogP contribution in [0.25, 0.3) is 0 Å². The molecule has 0 aliphatic carbocycles. The van der Waals surface area contributed by atoms with E-state index >= 15 is 0 Å². The Hall–Kier alpha value is -3.56. The Morgan fingerprint density at radius 1 is 1.08 bits per heavy atom. The maximum Gasteiger partial charge on any atom is 0.256 e. The molecule has 2 aromatic heterocycles. The van der Waals surface area contributed by atoms with Crippen LogP contribution in [0.15, 0.2) is 42.7 Å². The van der Waals surface area contributed by atoms with Crippen LogP contribution < -0.4 is 21.3 Å². The molecule has 1 aromatic carbocycles. The molecule has 0 saturated heterocycles. The van der Waals surface area contributed by atoms with Crippen molar-refractivity contribution >= 4 is 29.0 Å². The Balaban J connectivity index is 1.59.